The van der Waals surface area contributed by atoms with Gasteiger partial charge in [-0.25, -0.2) is 0 Å². The first-order valence-corrected chi connectivity index (χ1v) is 10.4. The van der Waals surface area contributed by atoms with Crippen LogP contribution in [0.4, 0.5) is 11.4 Å². The minimum Gasteiger partial charge on any atom is -0.459 e. The largest absolute Gasteiger partial charge is 0.459 e. The number of para-hydroxylation sites is 2. The first-order chi connectivity index (χ1) is 14.6. The van der Waals surface area contributed by atoms with Crippen LogP contribution in [0.2, 0.25) is 0 Å². The van der Waals surface area contributed by atoms with Crippen LogP contribution in [0.15, 0.2) is 77.4 Å². The molecule has 0 N–H and O–H groups in total. The van der Waals surface area contributed by atoms with Gasteiger partial charge in [0.2, 0.25) is 5.91 Å². The third kappa shape index (κ3) is 3.63. The summed E-state index contributed by atoms with van der Waals surface area (Å²) < 4.78 is 5.42. The lowest BCUT2D eigenvalue weighted by Gasteiger charge is -2.44. The molecule has 1 aliphatic rings. The zero-order chi connectivity index (χ0) is 21.1. The molecule has 1 aromatic heterocycles. The number of carbonyl (C=O) groups is 2. The second-order valence-electron chi connectivity index (χ2n) is 7.63. The lowest BCUT2D eigenvalue weighted by molar-refractivity contribution is -0.117. The summed E-state index contributed by atoms with van der Waals surface area (Å²) in [5.41, 5.74) is 2.69. The van der Waals surface area contributed by atoms with Crippen LogP contribution in [0.5, 0.6) is 0 Å². The normalized spacial score (nSPS) is 18.0. The standard InChI is InChI=1S/C25H26N2O3/c1-3-10-20-17-23(26(18(2)28)19-11-5-4-6-12-19)21-13-7-8-14-22(21)27(20)25(29)24-15-9-16-30-24/h4-9,11-16,20,23H,3,10,17H2,1-2H3. The van der Waals surface area contributed by atoms with E-state index >= 15 is 0 Å². The molecule has 2 heterocycles. The number of benzene rings is 2. The molecular weight excluding hydrogens is 376 g/mol. The summed E-state index contributed by atoms with van der Waals surface area (Å²) in [5.74, 6) is 0.177. The third-order valence-corrected chi connectivity index (χ3v) is 5.67. The van der Waals surface area contributed by atoms with E-state index in [-0.39, 0.29) is 23.9 Å². The fraction of sp³-hybridized carbons (Fsp3) is 0.280. The van der Waals surface area contributed by atoms with Gasteiger partial charge in [0.25, 0.3) is 5.91 Å². The summed E-state index contributed by atoms with van der Waals surface area (Å²) in [7, 11) is 0. The van der Waals surface area contributed by atoms with E-state index in [4.69, 9.17) is 4.42 Å². The monoisotopic (exact) mass is 402 g/mol. The van der Waals surface area contributed by atoms with Gasteiger partial charge >= 0.3 is 0 Å². The summed E-state index contributed by atoms with van der Waals surface area (Å²) in [6, 6.07) is 20.9. The molecule has 0 saturated carbocycles. The van der Waals surface area contributed by atoms with E-state index in [0.29, 0.717) is 12.2 Å². The molecule has 0 bridgehead atoms. The maximum atomic E-state index is 13.3. The number of nitrogens with zero attached hydrogens (tertiary/aromatic N) is 2. The Labute approximate surface area is 176 Å². The number of hydrogen-bond acceptors (Lipinski definition) is 3. The molecule has 3 aromatic rings. The van der Waals surface area contributed by atoms with E-state index in [2.05, 4.69) is 6.92 Å². The molecule has 30 heavy (non-hydrogen) atoms. The van der Waals surface area contributed by atoms with Crippen molar-refractivity contribution in [1.29, 1.82) is 0 Å². The Bertz CT molecular complexity index is 1010. The maximum absolute atomic E-state index is 13.3. The first-order valence-electron chi connectivity index (χ1n) is 10.4. The Hall–Kier alpha value is -3.34. The van der Waals surface area contributed by atoms with Crippen LogP contribution in [0.25, 0.3) is 0 Å². The topological polar surface area (TPSA) is 53.8 Å². The predicted octanol–water partition coefficient (Wildman–Crippen LogP) is 5.59. The molecule has 2 aromatic carbocycles. The van der Waals surface area contributed by atoms with Crippen molar-refractivity contribution in [3.05, 3.63) is 84.3 Å². The number of furan rings is 1. The van der Waals surface area contributed by atoms with Gasteiger partial charge in [0.15, 0.2) is 5.76 Å². The highest BCUT2D eigenvalue weighted by molar-refractivity contribution is 6.06. The molecule has 2 unspecified atom stereocenters. The highest BCUT2D eigenvalue weighted by atomic mass is 16.3. The van der Waals surface area contributed by atoms with Gasteiger partial charge in [-0.2, -0.15) is 0 Å². The average molecular weight is 402 g/mol. The second kappa shape index (κ2) is 8.57. The van der Waals surface area contributed by atoms with Gasteiger partial charge in [0.1, 0.15) is 0 Å². The van der Waals surface area contributed by atoms with E-state index in [1.165, 1.54) is 6.26 Å². The van der Waals surface area contributed by atoms with E-state index in [0.717, 1.165) is 29.8 Å². The molecule has 154 valence electrons. The van der Waals surface area contributed by atoms with Crippen molar-refractivity contribution >= 4 is 23.2 Å². The molecule has 4 rings (SSSR count). The van der Waals surface area contributed by atoms with E-state index < -0.39 is 0 Å². The van der Waals surface area contributed by atoms with Crippen molar-refractivity contribution in [2.45, 2.75) is 45.2 Å². The average Bonchev–Trinajstić information content (AvgIpc) is 3.29. The molecule has 0 saturated heterocycles. The van der Waals surface area contributed by atoms with E-state index in [1.54, 1.807) is 19.1 Å². The minimum atomic E-state index is -0.140. The number of hydrogen-bond donors (Lipinski definition) is 0. The Morgan fingerprint density at radius 1 is 1.03 bits per heavy atom. The zero-order valence-corrected chi connectivity index (χ0v) is 17.3. The fourth-order valence-electron chi connectivity index (χ4n) is 4.46. The van der Waals surface area contributed by atoms with Crippen molar-refractivity contribution in [2.75, 3.05) is 9.80 Å². The number of rotatable bonds is 5. The van der Waals surface area contributed by atoms with Crippen LogP contribution in [0, 0.1) is 0 Å². The molecule has 0 spiro atoms. The Kier molecular flexibility index (Phi) is 5.70. The molecule has 0 fully saturated rings. The highest BCUT2D eigenvalue weighted by Crippen LogP contribution is 2.43. The summed E-state index contributed by atoms with van der Waals surface area (Å²) in [6.07, 6.45) is 3.98. The second-order valence-corrected chi connectivity index (χ2v) is 7.63. The lowest BCUT2D eigenvalue weighted by atomic mass is 9.87. The SMILES string of the molecule is CCCC1CC(N(C(C)=O)c2ccccc2)c2ccccc2N1C(=O)c1ccco1. The number of amides is 2. The Balaban J connectivity index is 1.82. The molecule has 5 nitrogen and oxygen atoms in total. The predicted molar refractivity (Wildman–Crippen MR) is 118 cm³/mol. The third-order valence-electron chi connectivity index (χ3n) is 5.67. The first kappa shape index (κ1) is 20.0. The molecule has 0 aliphatic carbocycles. The molecule has 2 atom stereocenters. The van der Waals surface area contributed by atoms with Gasteiger partial charge < -0.3 is 14.2 Å². The van der Waals surface area contributed by atoms with E-state index in [1.807, 2.05) is 64.4 Å². The fourth-order valence-corrected chi connectivity index (χ4v) is 4.46. The van der Waals surface area contributed by atoms with Gasteiger partial charge in [-0.1, -0.05) is 49.7 Å². The van der Waals surface area contributed by atoms with Gasteiger partial charge in [0.05, 0.1) is 12.3 Å². The molecule has 1 aliphatic heterocycles. The van der Waals surface area contributed by atoms with Crippen molar-refractivity contribution in [3.8, 4) is 0 Å². The zero-order valence-electron chi connectivity index (χ0n) is 17.3. The molecule has 5 heteroatoms. The summed E-state index contributed by atoms with van der Waals surface area (Å²) in [4.78, 5) is 29.8. The van der Waals surface area contributed by atoms with Crippen molar-refractivity contribution < 1.29 is 14.0 Å². The molecule has 2 amide bonds. The van der Waals surface area contributed by atoms with Gasteiger partial charge in [0, 0.05) is 24.3 Å². The van der Waals surface area contributed by atoms with Crippen LogP contribution < -0.4 is 9.80 Å². The van der Waals surface area contributed by atoms with Crippen LogP contribution in [0.3, 0.4) is 0 Å². The number of carbonyl (C=O) groups excluding carboxylic acids is 2. The number of fused-ring (bicyclic) bond motifs is 1. The van der Waals surface area contributed by atoms with Crippen LogP contribution in [-0.4, -0.2) is 17.9 Å². The lowest BCUT2D eigenvalue weighted by Crippen LogP contribution is -2.48. The van der Waals surface area contributed by atoms with Crippen molar-refractivity contribution in [1.82, 2.24) is 0 Å². The van der Waals surface area contributed by atoms with Gasteiger partial charge in [-0.05, 0) is 48.7 Å². The van der Waals surface area contributed by atoms with Gasteiger partial charge in [-0.3, -0.25) is 9.59 Å². The van der Waals surface area contributed by atoms with Crippen LogP contribution in [0.1, 0.15) is 55.3 Å². The van der Waals surface area contributed by atoms with E-state index in [9.17, 15) is 9.59 Å². The Morgan fingerprint density at radius 3 is 2.43 bits per heavy atom. The number of anilines is 2. The molecular formula is C25H26N2O3. The minimum absolute atomic E-state index is 0.0120. The smallest absolute Gasteiger partial charge is 0.294 e. The highest BCUT2D eigenvalue weighted by Gasteiger charge is 2.40. The van der Waals surface area contributed by atoms with Crippen molar-refractivity contribution in [3.63, 3.8) is 0 Å². The van der Waals surface area contributed by atoms with Gasteiger partial charge in [-0.15, -0.1) is 0 Å². The Morgan fingerprint density at radius 2 is 1.77 bits per heavy atom. The summed E-state index contributed by atoms with van der Waals surface area (Å²) in [6.45, 7) is 3.72. The maximum Gasteiger partial charge on any atom is 0.294 e. The van der Waals surface area contributed by atoms with Crippen molar-refractivity contribution in [2.24, 2.45) is 0 Å². The molecule has 0 radical (unpaired) electrons. The quantitative estimate of drug-likeness (QED) is 0.559. The summed E-state index contributed by atoms with van der Waals surface area (Å²) >= 11 is 0. The van der Waals surface area contributed by atoms with Crippen LogP contribution >= 0.6 is 0 Å². The summed E-state index contributed by atoms with van der Waals surface area (Å²) in [5, 5.41) is 0. The van der Waals surface area contributed by atoms with Crippen LogP contribution in [-0.2, 0) is 4.79 Å².